The van der Waals surface area contributed by atoms with Gasteiger partial charge in [-0.15, -0.1) is 0 Å². The predicted molar refractivity (Wildman–Crippen MR) is 80.6 cm³/mol. The van der Waals surface area contributed by atoms with Crippen LogP contribution in [0.3, 0.4) is 0 Å². The maximum absolute atomic E-state index is 12.6. The van der Waals surface area contributed by atoms with Crippen molar-refractivity contribution >= 4 is 11.9 Å². The molecule has 1 N–H and O–H groups in total. The highest BCUT2D eigenvalue weighted by atomic mass is 16.5. The van der Waals surface area contributed by atoms with E-state index in [1.165, 1.54) is 11.1 Å². The Morgan fingerprint density at radius 1 is 1.36 bits per heavy atom. The van der Waals surface area contributed by atoms with Crippen molar-refractivity contribution in [3.8, 4) is 0 Å². The van der Waals surface area contributed by atoms with Gasteiger partial charge in [0.05, 0.1) is 19.1 Å². The zero-order chi connectivity index (χ0) is 15.7. The SMILES string of the molecule is Cc1ccccc1[C@@H]1C[C@@H]1C(=O)N1CCO[C@@H](CC(=O)O)C1. The number of amides is 1. The number of aryl methyl sites for hydroxylation is 1. The Balaban J connectivity index is 1.61. The largest absolute Gasteiger partial charge is 0.481 e. The van der Waals surface area contributed by atoms with Crippen LogP contribution in [0.25, 0.3) is 0 Å². The normalized spacial score (nSPS) is 27.5. The number of rotatable bonds is 4. The summed E-state index contributed by atoms with van der Waals surface area (Å²) >= 11 is 0. The van der Waals surface area contributed by atoms with E-state index in [1.807, 2.05) is 12.1 Å². The van der Waals surface area contributed by atoms with E-state index in [0.29, 0.717) is 25.6 Å². The fourth-order valence-corrected chi connectivity index (χ4v) is 3.29. The van der Waals surface area contributed by atoms with Crippen molar-refractivity contribution in [2.24, 2.45) is 5.92 Å². The number of hydrogen-bond donors (Lipinski definition) is 1. The molecular weight excluding hydrogens is 282 g/mol. The molecule has 0 unspecified atom stereocenters. The number of ether oxygens (including phenoxy) is 1. The van der Waals surface area contributed by atoms with Gasteiger partial charge < -0.3 is 14.7 Å². The van der Waals surface area contributed by atoms with Crippen LogP contribution >= 0.6 is 0 Å². The van der Waals surface area contributed by atoms with Gasteiger partial charge in [0.2, 0.25) is 5.91 Å². The lowest BCUT2D eigenvalue weighted by Crippen LogP contribution is -2.47. The molecule has 0 aromatic heterocycles. The van der Waals surface area contributed by atoms with Crippen molar-refractivity contribution in [2.75, 3.05) is 19.7 Å². The van der Waals surface area contributed by atoms with Crippen molar-refractivity contribution in [3.63, 3.8) is 0 Å². The first kappa shape index (κ1) is 15.0. The van der Waals surface area contributed by atoms with Crippen LogP contribution in [0.2, 0.25) is 0 Å². The lowest BCUT2D eigenvalue weighted by Gasteiger charge is -2.32. The summed E-state index contributed by atoms with van der Waals surface area (Å²) in [6.07, 6.45) is 0.464. The summed E-state index contributed by atoms with van der Waals surface area (Å²) in [6, 6.07) is 8.20. The van der Waals surface area contributed by atoms with Crippen LogP contribution in [-0.2, 0) is 14.3 Å². The van der Waals surface area contributed by atoms with Crippen LogP contribution in [0.5, 0.6) is 0 Å². The maximum Gasteiger partial charge on any atom is 0.306 e. The van der Waals surface area contributed by atoms with Crippen LogP contribution < -0.4 is 0 Å². The van der Waals surface area contributed by atoms with Crippen molar-refractivity contribution in [1.82, 2.24) is 4.90 Å². The molecule has 5 heteroatoms. The van der Waals surface area contributed by atoms with Crippen molar-refractivity contribution in [2.45, 2.75) is 31.8 Å². The number of carboxylic acids is 1. The highest BCUT2D eigenvalue weighted by Gasteiger charge is 2.46. The molecule has 2 fully saturated rings. The smallest absolute Gasteiger partial charge is 0.306 e. The minimum atomic E-state index is -0.886. The summed E-state index contributed by atoms with van der Waals surface area (Å²) in [5.74, 6) is -0.380. The molecule has 1 amide bonds. The van der Waals surface area contributed by atoms with Crippen molar-refractivity contribution in [3.05, 3.63) is 35.4 Å². The second-order valence-corrected chi connectivity index (χ2v) is 6.18. The van der Waals surface area contributed by atoms with Gasteiger partial charge in [0.1, 0.15) is 0 Å². The van der Waals surface area contributed by atoms with E-state index in [1.54, 1.807) is 4.90 Å². The second kappa shape index (κ2) is 6.08. The summed E-state index contributed by atoms with van der Waals surface area (Å²) in [6.45, 7) is 3.45. The number of aliphatic carboxylic acids is 1. The molecule has 0 spiro atoms. The molecule has 118 valence electrons. The molecule has 5 nitrogen and oxygen atoms in total. The molecule has 1 aliphatic heterocycles. The summed E-state index contributed by atoms with van der Waals surface area (Å²) in [7, 11) is 0. The van der Waals surface area contributed by atoms with Gasteiger partial charge in [-0.25, -0.2) is 0 Å². The average molecular weight is 303 g/mol. The van der Waals surface area contributed by atoms with E-state index in [0.717, 1.165) is 6.42 Å². The maximum atomic E-state index is 12.6. The van der Waals surface area contributed by atoms with Gasteiger partial charge in [-0.05, 0) is 30.4 Å². The minimum Gasteiger partial charge on any atom is -0.481 e. The molecule has 1 aromatic rings. The highest BCUT2D eigenvalue weighted by Crippen LogP contribution is 2.49. The first-order valence-electron chi connectivity index (χ1n) is 7.74. The first-order chi connectivity index (χ1) is 10.6. The van der Waals surface area contributed by atoms with E-state index in [4.69, 9.17) is 9.84 Å². The molecule has 22 heavy (non-hydrogen) atoms. The van der Waals surface area contributed by atoms with Crippen LogP contribution in [0.1, 0.15) is 29.9 Å². The molecule has 3 atom stereocenters. The third kappa shape index (κ3) is 3.14. The Morgan fingerprint density at radius 3 is 2.86 bits per heavy atom. The number of benzene rings is 1. The minimum absolute atomic E-state index is 0.0460. The second-order valence-electron chi connectivity index (χ2n) is 6.18. The van der Waals surface area contributed by atoms with E-state index in [2.05, 4.69) is 19.1 Å². The lowest BCUT2D eigenvalue weighted by molar-refractivity contribution is -0.148. The molecule has 1 aliphatic carbocycles. The first-order valence-corrected chi connectivity index (χ1v) is 7.74. The van der Waals surface area contributed by atoms with E-state index in [9.17, 15) is 9.59 Å². The highest BCUT2D eigenvalue weighted by molar-refractivity contribution is 5.83. The molecule has 1 saturated heterocycles. The van der Waals surface area contributed by atoms with Gasteiger partial charge in [0.15, 0.2) is 0 Å². The summed E-state index contributed by atoms with van der Waals surface area (Å²) in [5, 5.41) is 8.85. The molecule has 1 saturated carbocycles. The molecular formula is C17H21NO4. The average Bonchev–Trinajstić information content (AvgIpc) is 3.27. The number of carbonyl (C=O) groups excluding carboxylic acids is 1. The number of hydrogen-bond acceptors (Lipinski definition) is 3. The zero-order valence-electron chi connectivity index (χ0n) is 12.7. The number of morpholine rings is 1. The molecule has 0 bridgehead atoms. The van der Waals surface area contributed by atoms with Gasteiger partial charge in [-0.1, -0.05) is 24.3 Å². The summed E-state index contributed by atoms with van der Waals surface area (Å²) in [4.78, 5) is 25.2. The van der Waals surface area contributed by atoms with Gasteiger partial charge in [-0.3, -0.25) is 9.59 Å². The van der Waals surface area contributed by atoms with Crippen molar-refractivity contribution in [1.29, 1.82) is 0 Å². The summed E-state index contributed by atoms with van der Waals surface area (Å²) in [5.41, 5.74) is 2.49. The standard InChI is InChI=1S/C17H21NO4/c1-11-4-2-3-5-13(11)14-9-15(14)17(21)18-6-7-22-12(10-18)8-16(19)20/h2-5,12,14-15H,6-10H2,1H3,(H,19,20)/t12-,14-,15-/m0/s1. The third-order valence-electron chi connectivity index (χ3n) is 4.55. The molecule has 1 aromatic carbocycles. The van der Waals surface area contributed by atoms with E-state index < -0.39 is 5.97 Å². The zero-order valence-corrected chi connectivity index (χ0v) is 12.7. The Bertz CT molecular complexity index is 586. The van der Waals surface area contributed by atoms with Crippen LogP contribution in [0.15, 0.2) is 24.3 Å². The number of carboxylic acid groups (broad SMARTS) is 1. The van der Waals surface area contributed by atoms with E-state index >= 15 is 0 Å². The van der Waals surface area contributed by atoms with E-state index in [-0.39, 0.29) is 24.3 Å². The Labute approximate surface area is 129 Å². The molecule has 1 heterocycles. The number of nitrogens with zero attached hydrogens (tertiary/aromatic N) is 1. The van der Waals surface area contributed by atoms with Gasteiger partial charge in [0, 0.05) is 19.0 Å². The predicted octanol–water partition coefficient (Wildman–Crippen LogP) is 1.80. The Kier molecular flexibility index (Phi) is 4.16. The van der Waals surface area contributed by atoms with Gasteiger partial charge in [0.25, 0.3) is 0 Å². The monoisotopic (exact) mass is 303 g/mol. The fourth-order valence-electron chi connectivity index (χ4n) is 3.29. The number of carbonyl (C=O) groups is 2. The lowest BCUT2D eigenvalue weighted by atomic mass is 10.0. The van der Waals surface area contributed by atoms with Gasteiger partial charge >= 0.3 is 5.97 Å². The van der Waals surface area contributed by atoms with Gasteiger partial charge in [-0.2, -0.15) is 0 Å². The third-order valence-corrected chi connectivity index (χ3v) is 4.55. The van der Waals surface area contributed by atoms with Crippen LogP contribution in [0.4, 0.5) is 0 Å². The molecule has 2 aliphatic rings. The molecule has 3 rings (SSSR count). The van der Waals surface area contributed by atoms with Crippen LogP contribution in [0, 0.1) is 12.8 Å². The van der Waals surface area contributed by atoms with Crippen molar-refractivity contribution < 1.29 is 19.4 Å². The topological polar surface area (TPSA) is 66.8 Å². The fraction of sp³-hybridized carbons (Fsp3) is 0.529. The Hall–Kier alpha value is -1.88. The summed E-state index contributed by atoms with van der Waals surface area (Å²) < 4.78 is 5.43. The van der Waals surface area contributed by atoms with Crippen LogP contribution in [-0.4, -0.2) is 47.7 Å². The molecule has 0 radical (unpaired) electrons. The quantitative estimate of drug-likeness (QED) is 0.921. The Morgan fingerprint density at radius 2 is 2.14 bits per heavy atom.